The Morgan fingerprint density at radius 3 is 2.38 bits per heavy atom. The third-order valence-electron chi connectivity index (χ3n) is 6.01. The SMILES string of the molecule is C=C(Cc1ccc(F)c(C)c1)OC(=NC)c1c(O)c(-c2c(OC)cccc2OC)c(CCCC)[nH]c1=O. The summed E-state index contributed by atoms with van der Waals surface area (Å²) in [6.45, 7) is 7.65. The van der Waals surface area contributed by atoms with Crippen LogP contribution in [0.4, 0.5) is 4.39 Å². The molecule has 196 valence electrons. The maximum Gasteiger partial charge on any atom is 0.264 e. The van der Waals surface area contributed by atoms with Crippen molar-refractivity contribution in [2.24, 2.45) is 4.99 Å². The molecule has 0 spiro atoms. The highest BCUT2D eigenvalue weighted by atomic mass is 19.1. The summed E-state index contributed by atoms with van der Waals surface area (Å²) in [4.78, 5) is 20.3. The first-order chi connectivity index (χ1) is 17.7. The zero-order chi connectivity index (χ0) is 27.1. The molecule has 0 saturated heterocycles. The van der Waals surface area contributed by atoms with E-state index in [1.54, 1.807) is 37.3 Å². The Morgan fingerprint density at radius 1 is 1.14 bits per heavy atom. The Hall–Kier alpha value is -4.07. The molecular formula is C29H33FN2O5. The Labute approximate surface area is 216 Å². The van der Waals surface area contributed by atoms with E-state index in [2.05, 4.69) is 16.6 Å². The van der Waals surface area contributed by atoms with Gasteiger partial charge in [0, 0.05) is 19.2 Å². The minimum Gasteiger partial charge on any atom is -0.506 e. The first-order valence-corrected chi connectivity index (χ1v) is 12.0. The number of methoxy groups -OCH3 is 2. The van der Waals surface area contributed by atoms with Crippen LogP contribution in [0.3, 0.4) is 0 Å². The molecule has 3 rings (SSSR count). The number of halogens is 1. The van der Waals surface area contributed by atoms with E-state index >= 15 is 0 Å². The Bertz CT molecular complexity index is 1360. The van der Waals surface area contributed by atoms with Crippen molar-refractivity contribution in [2.75, 3.05) is 21.3 Å². The Balaban J connectivity index is 2.11. The van der Waals surface area contributed by atoms with Crippen molar-refractivity contribution >= 4 is 5.90 Å². The lowest BCUT2D eigenvalue weighted by Gasteiger charge is -2.20. The molecule has 2 aromatic carbocycles. The van der Waals surface area contributed by atoms with Crippen molar-refractivity contribution in [2.45, 2.75) is 39.5 Å². The van der Waals surface area contributed by atoms with E-state index in [9.17, 15) is 14.3 Å². The van der Waals surface area contributed by atoms with E-state index in [0.717, 1.165) is 18.4 Å². The standard InChI is InChI=1S/C29H33FN2O5/c1-7-8-10-21-24(25-22(35-5)11-9-12-23(25)36-6)27(33)26(28(34)32-21)29(31-4)37-18(3)16-19-13-14-20(30)17(2)15-19/h9,11-15H,3,7-8,10,16H2,1-2,4-6H3,(H2,32,33,34). The van der Waals surface area contributed by atoms with Gasteiger partial charge in [0.05, 0.1) is 25.3 Å². The van der Waals surface area contributed by atoms with Gasteiger partial charge in [0.15, 0.2) is 0 Å². The first-order valence-electron chi connectivity index (χ1n) is 12.0. The maximum absolute atomic E-state index is 13.7. The lowest BCUT2D eigenvalue weighted by molar-refractivity contribution is 0.394. The number of H-pyrrole nitrogens is 1. The first kappa shape index (κ1) is 27.5. The van der Waals surface area contributed by atoms with E-state index in [4.69, 9.17) is 14.2 Å². The molecule has 8 heteroatoms. The van der Waals surface area contributed by atoms with Gasteiger partial charge in [-0.3, -0.25) is 9.79 Å². The van der Waals surface area contributed by atoms with Crippen molar-refractivity contribution in [3.05, 3.63) is 87.3 Å². The lowest BCUT2D eigenvalue weighted by Crippen LogP contribution is -2.23. The lowest BCUT2D eigenvalue weighted by atomic mass is 9.95. The number of hydrogen-bond acceptors (Lipinski definition) is 6. The molecule has 0 unspecified atom stereocenters. The van der Waals surface area contributed by atoms with Gasteiger partial charge in [-0.25, -0.2) is 4.39 Å². The molecule has 1 aromatic heterocycles. The fraction of sp³-hybridized carbons (Fsp3) is 0.310. The second kappa shape index (κ2) is 12.3. The van der Waals surface area contributed by atoms with E-state index in [1.165, 1.54) is 27.3 Å². The summed E-state index contributed by atoms with van der Waals surface area (Å²) < 4.78 is 30.7. The topological polar surface area (TPSA) is 93.1 Å². The molecule has 0 amide bonds. The van der Waals surface area contributed by atoms with Gasteiger partial charge in [-0.1, -0.05) is 38.1 Å². The summed E-state index contributed by atoms with van der Waals surface area (Å²) in [5.74, 6) is 0.514. The van der Waals surface area contributed by atoms with Gasteiger partial charge in [0.1, 0.15) is 34.4 Å². The number of nitrogens with zero attached hydrogens (tertiary/aromatic N) is 1. The smallest absolute Gasteiger partial charge is 0.264 e. The predicted octanol–water partition coefficient (Wildman–Crippen LogP) is 5.70. The fourth-order valence-corrected chi connectivity index (χ4v) is 4.17. The molecule has 0 aliphatic rings. The van der Waals surface area contributed by atoms with Crippen molar-refractivity contribution in [1.29, 1.82) is 0 Å². The van der Waals surface area contributed by atoms with Gasteiger partial charge in [0.25, 0.3) is 5.56 Å². The number of hydrogen-bond donors (Lipinski definition) is 2. The van der Waals surface area contributed by atoms with Crippen molar-refractivity contribution in [3.63, 3.8) is 0 Å². The average molecular weight is 509 g/mol. The van der Waals surface area contributed by atoms with Crippen molar-refractivity contribution < 1.29 is 23.7 Å². The van der Waals surface area contributed by atoms with E-state index < -0.39 is 5.56 Å². The summed E-state index contributed by atoms with van der Waals surface area (Å²) in [5, 5.41) is 11.6. The summed E-state index contributed by atoms with van der Waals surface area (Å²) in [6.07, 6.45) is 2.46. The van der Waals surface area contributed by atoms with Crippen LogP contribution in [-0.4, -0.2) is 37.3 Å². The normalized spacial score (nSPS) is 11.4. The van der Waals surface area contributed by atoms with Crippen molar-refractivity contribution in [3.8, 4) is 28.4 Å². The van der Waals surface area contributed by atoms with Crippen LogP contribution < -0.4 is 15.0 Å². The van der Waals surface area contributed by atoms with Crippen LogP contribution >= 0.6 is 0 Å². The van der Waals surface area contributed by atoms with Crippen LogP contribution in [0.25, 0.3) is 11.1 Å². The monoisotopic (exact) mass is 508 g/mol. The molecule has 0 fully saturated rings. The molecule has 0 radical (unpaired) electrons. The van der Waals surface area contributed by atoms with Crippen LogP contribution in [0, 0.1) is 12.7 Å². The number of rotatable bonds is 10. The van der Waals surface area contributed by atoms with Gasteiger partial charge in [-0.05, 0) is 49.1 Å². The second-order valence-corrected chi connectivity index (χ2v) is 8.60. The molecule has 0 atom stereocenters. The van der Waals surface area contributed by atoms with Crippen LogP contribution in [-0.2, 0) is 17.6 Å². The minimum atomic E-state index is -0.549. The maximum atomic E-state index is 13.7. The van der Waals surface area contributed by atoms with Gasteiger partial charge in [-0.2, -0.15) is 0 Å². The largest absolute Gasteiger partial charge is 0.506 e. The number of pyridine rings is 1. The number of nitrogens with one attached hydrogen (secondary N) is 1. The van der Waals surface area contributed by atoms with E-state index in [1.807, 2.05) is 6.92 Å². The van der Waals surface area contributed by atoms with Gasteiger partial charge < -0.3 is 24.3 Å². The highest BCUT2D eigenvalue weighted by Crippen LogP contribution is 2.44. The zero-order valence-corrected chi connectivity index (χ0v) is 21.9. The van der Waals surface area contributed by atoms with Gasteiger partial charge >= 0.3 is 0 Å². The predicted molar refractivity (Wildman–Crippen MR) is 143 cm³/mol. The van der Waals surface area contributed by atoms with Crippen LogP contribution in [0.5, 0.6) is 17.2 Å². The number of unbranched alkanes of at least 4 members (excludes halogenated alkanes) is 1. The zero-order valence-electron chi connectivity index (χ0n) is 21.9. The number of aryl methyl sites for hydroxylation is 2. The number of aromatic hydroxyl groups is 1. The quantitative estimate of drug-likeness (QED) is 0.208. The van der Waals surface area contributed by atoms with Gasteiger partial charge in [0.2, 0.25) is 5.90 Å². The van der Waals surface area contributed by atoms with Crippen molar-refractivity contribution in [1.82, 2.24) is 4.98 Å². The average Bonchev–Trinajstić information content (AvgIpc) is 2.88. The van der Waals surface area contributed by atoms with Crippen LogP contribution in [0.1, 0.15) is 42.1 Å². The number of aromatic amines is 1. The number of aliphatic imine (C=N–C) groups is 1. The third-order valence-corrected chi connectivity index (χ3v) is 6.01. The molecule has 0 saturated carbocycles. The number of aromatic nitrogens is 1. The molecule has 2 N–H and O–H groups in total. The molecule has 1 heterocycles. The molecular weight excluding hydrogens is 475 g/mol. The minimum absolute atomic E-state index is 0.0975. The molecule has 0 bridgehead atoms. The summed E-state index contributed by atoms with van der Waals surface area (Å²) in [5.41, 5.74) is 2.03. The second-order valence-electron chi connectivity index (χ2n) is 8.60. The van der Waals surface area contributed by atoms with E-state index in [-0.39, 0.29) is 35.2 Å². The molecule has 37 heavy (non-hydrogen) atoms. The van der Waals surface area contributed by atoms with Crippen LogP contribution in [0.15, 0.2) is 58.5 Å². The third kappa shape index (κ3) is 6.02. The van der Waals surface area contributed by atoms with Gasteiger partial charge in [-0.15, -0.1) is 0 Å². The fourth-order valence-electron chi connectivity index (χ4n) is 4.17. The molecule has 0 aliphatic carbocycles. The molecule has 3 aromatic rings. The highest BCUT2D eigenvalue weighted by Gasteiger charge is 2.27. The Morgan fingerprint density at radius 2 is 1.81 bits per heavy atom. The summed E-state index contributed by atoms with van der Waals surface area (Å²) in [6, 6.07) is 10.0. The summed E-state index contributed by atoms with van der Waals surface area (Å²) in [7, 11) is 4.51. The molecule has 7 nitrogen and oxygen atoms in total. The molecule has 0 aliphatic heterocycles. The highest BCUT2D eigenvalue weighted by molar-refractivity contribution is 6.00. The van der Waals surface area contributed by atoms with Crippen LogP contribution in [0.2, 0.25) is 0 Å². The summed E-state index contributed by atoms with van der Waals surface area (Å²) >= 11 is 0. The number of ether oxygens (including phenoxy) is 3. The number of allylic oxidation sites excluding steroid dienone is 1. The Kier molecular flexibility index (Phi) is 9.11. The number of benzene rings is 2. The van der Waals surface area contributed by atoms with E-state index in [0.29, 0.717) is 40.3 Å².